The molecule has 0 bridgehead atoms. The Labute approximate surface area is 148 Å². The van der Waals surface area contributed by atoms with Crippen molar-refractivity contribution in [3.8, 4) is 0 Å². The predicted molar refractivity (Wildman–Crippen MR) is 92.2 cm³/mol. The van der Waals surface area contributed by atoms with Gasteiger partial charge in [0.2, 0.25) is 0 Å². The molecule has 0 saturated carbocycles. The highest BCUT2D eigenvalue weighted by molar-refractivity contribution is 7.94. The summed E-state index contributed by atoms with van der Waals surface area (Å²) in [6.45, 7) is 7.19. The molecule has 7 nitrogen and oxygen atoms in total. The van der Waals surface area contributed by atoms with Crippen LogP contribution in [0, 0.1) is 0 Å². The topological polar surface area (TPSA) is 107 Å². The molecule has 0 unspecified atom stereocenters. The molecule has 1 aromatic rings. The standard InChI is InChI=1S/C17H27NO6S/c1-16(2,11-19)14-9-12(24-18-14)10-15(20)17(3,4)25(21,22)13-5-7-23-8-6-13/h9,13,19H,5-8,10-11H2,1-4H3. The van der Waals surface area contributed by atoms with Gasteiger partial charge in [-0.25, -0.2) is 8.42 Å². The van der Waals surface area contributed by atoms with Crippen LogP contribution in [-0.4, -0.2) is 54.3 Å². The van der Waals surface area contributed by atoms with Gasteiger partial charge < -0.3 is 14.4 Å². The summed E-state index contributed by atoms with van der Waals surface area (Å²) in [6, 6.07) is 1.60. The van der Waals surface area contributed by atoms with Gasteiger partial charge in [0, 0.05) is 24.7 Å². The molecule has 0 spiro atoms. The monoisotopic (exact) mass is 373 g/mol. The van der Waals surface area contributed by atoms with Crippen LogP contribution in [-0.2, 0) is 31.2 Å². The second-order valence-electron chi connectivity index (χ2n) is 7.69. The van der Waals surface area contributed by atoms with E-state index in [0.717, 1.165) is 0 Å². The Kier molecular flexibility index (Phi) is 5.75. The van der Waals surface area contributed by atoms with Gasteiger partial charge in [-0.3, -0.25) is 4.79 Å². The molecule has 0 aromatic carbocycles. The molecule has 1 aliphatic heterocycles. The summed E-state index contributed by atoms with van der Waals surface area (Å²) >= 11 is 0. The first-order valence-electron chi connectivity index (χ1n) is 8.44. The Morgan fingerprint density at radius 2 is 1.88 bits per heavy atom. The number of hydrogen-bond acceptors (Lipinski definition) is 7. The molecule has 1 aliphatic rings. The van der Waals surface area contributed by atoms with Crippen molar-refractivity contribution < 1.29 is 27.6 Å². The number of rotatable bonds is 7. The molecular formula is C17H27NO6S. The summed E-state index contributed by atoms with van der Waals surface area (Å²) in [5, 5.41) is 12.7. The second-order valence-corrected chi connectivity index (χ2v) is 10.5. The first-order chi connectivity index (χ1) is 11.5. The third-order valence-electron chi connectivity index (χ3n) is 4.97. The first kappa shape index (κ1) is 20.1. The molecule has 1 saturated heterocycles. The van der Waals surface area contributed by atoms with Crippen molar-refractivity contribution in [3.05, 3.63) is 17.5 Å². The van der Waals surface area contributed by atoms with Crippen LogP contribution in [0.4, 0.5) is 0 Å². The van der Waals surface area contributed by atoms with Gasteiger partial charge in [-0.05, 0) is 26.7 Å². The minimum Gasteiger partial charge on any atom is -0.395 e. The number of aliphatic hydroxyl groups excluding tert-OH is 1. The van der Waals surface area contributed by atoms with Crippen LogP contribution in [0.5, 0.6) is 0 Å². The van der Waals surface area contributed by atoms with E-state index in [1.165, 1.54) is 13.8 Å². The fraction of sp³-hybridized carbons (Fsp3) is 0.765. The van der Waals surface area contributed by atoms with Gasteiger partial charge in [0.15, 0.2) is 15.6 Å². The maximum absolute atomic E-state index is 12.9. The zero-order valence-corrected chi connectivity index (χ0v) is 16.1. The number of carbonyl (C=O) groups excluding carboxylic acids is 1. The highest BCUT2D eigenvalue weighted by atomic mass is 32.2. The smallest absolute Gasteiger partial charge is 0.165 e. The van der Waals surface area contributed by atoms with Crippen LogP contribution < -0.4 is 0 Å². The van der Waals surface area contributed by atoms with Crippen molar-refractivity contribution in [2.24, 2.45) is 0 Å². The van der Waals surface area contributed by atoms with Crippen molar-refractivity contribution in [3.63, 3.8) is 0 Å². The van der Waals surface area contributed by atoms with Gasteiger partial charge in [0.05, 0.1) is 24.0 Å². The Hall–Kier alpha value is -1.25. The molecule has 2 heterocycles. The molecular weight excluding hydrogens is 346 g/mol. The fourth-order valence-corrected chi connectivity index (χ4v) is 4.76. The number of hydrogen-bond donors (Lipinski definition) is 1. The molecule has 8 heteroatoms. The van der Waals surface area contributed by atoms with Crippen molar-refractivity contribution in [1.82, 2.24) is 5.16 Å². The zero-order chi connectivity index (χ0) is 18.9. The Bertz CT molecular complexity index is 713. The Morgan fingerprint density at radius 3 is 2.44 bits per heavy atom. The third kappa shape index (κ3) is 3.96. The number of nitrogens with zero attached hydrogens (tertiary/aromatic N) is 1. The minimum atomic E-state index is -3.64. The minimum absolute atomic E-state index is 0.115. The lowest BCUT2D eigenvalue weighted by atomic mass is 9.90. The summed E-state index contributed by atoms with van der Waals surface area (Å²) in [4.78, 5) is 12.7. The number of ketones is 1. The normalized spacial score (nSPS) is 17.6. The lowest BCUT2D eigenvalue weighted by molar-refractivity contribution is -0.120. The number of sulfone groups is 1. The van der Waals surface area contributed by atoms with Crippen LogP contribution in [0.1, 0.15) is 52.0 Å². The van der Waals surface area contributed by atoms with Crippen LogP contribution in [0.25, 0.3) is 0 Å². The summed E-state index contributed by atoms with van der Waals surface area (Å²) in [5.41, 5.74) is -0.0583. The summed E-state index contributed by atoms with van der Waals surface area (Å²) < 4.78 is 34.7. The lowest BCUT2D eigenvalue weighted by Gasteiger charge is -2.30. The van der Waals surface area contributed by atoms with Crippen molar-refractivity contribution in [1.29, 1.82) is 0 Å². The van der Waals surface area contributed by atoms with Crippen LogP contribution in [0.15, 0.2) is 10.6 Å². The van der Waals surface area contributed by atoms with E-state index in [1.54, 1.807) is 19.9 Å². The average Bonchev–Trinajstić information content (AvgIpc) is 3.04. The summed E-state index contributed by atoms with van der Waals surface area (Å²) in [6.07, 6.45) is 0.677. The highest BCUT2D eigenvalue weighted by Crippen LogP contribution is 2.30. The van der Waals surface area contributed by atoms with Gasteiger partial charge in [-0.2, -0.15) is 0 Å². The van der Waals surface area contributed by atoms with E-state index in [0.29, 0.717) is 37.5 Å². The summed E-state index contributed by atoms with van der Waals surface area (Å²) in [7, 11) is -3.64. The van der Waals surface area contributed by atoms with E-state index in [2.05, 4.69) is 5.16 Å². The predicted octanol–water partition coefficient (Wildman–Crippen LogP) is 1.43. The molecule has 0 aliphatic carbocycles. The van der Waals surface area contributed by atoms with Gasteiger partial charge in [-0.1, -0.05) is 19.0 Å². The molecule has 25 heavy (non-hydrogen) atoms. The molecule has 2 rings (SSSR count). The average molecular weight is 373 g/mol. The largest absolute Gasteiger partial charge is 0.395 e. The van der Waals surface area contributed by atoms with Gasteiger partial charge in [-0.15, -0.1) is 0 Å². The number of carbonyl (C=O) groups is 1. The number of Topliss-reactive ketones (excluding diaryl/α,β-unsaturated/α-hetero) is 1. The molecule has 1 N–H and O–H groups in total. The Balaban J connectivity index is 2.16. The molecule has 142 valence electrons. The van der Waals surface area contributed by atoms with E-state index in [9.17, 15) is 18.3 Å². The number of aliphatic hydroxyl groups is 1. The fourth-order valence-electron chi connectivity index (χ4n) is 2.73. The van der Waals surface area contributed by atoms with E-state index in [1.807, 2.05) is 0 Å². The molecule has 0 amide bonds. The third-order valence-corrected chi connectivity index (χ3v) is 7.97. The molecule has 1 fully saturated rings. The van der Waals surface area contributed by atoms with E-state index < -0.39 is 31.0 Å². The second kappa shape index (κ2) is 7.17. The van der Waals surface area contributed by atoms with Crippen LogP contribution in [0.2, 0.25) is 0 Å². The van der Waals surface area contributed by atoms with Crippen LogP contribution in [0.3, 0.4) is 0 Å². The van der Waals surface area contributed by atoms with Crippen molar-refractivity contribution in [2.45, 2.75) is 62.4 Å². The van der Waals surface area contributed by atoms with E-state index in [-0.39, 0.29) is 13.0 Å². The Morgan fingerprint density at radius 1 is 1.28 bits per heavy atom. The van der Waals surface area contributed by atoms with Crippen molar-refractivity contribution in [2.75, 3.05) is 19.8 Å². The quantitative estimate of drug-likeness (QED) is 0.770. The maximum atomic E-state index is 12.9. The maximum Gasteiger partial charge on any atom is 0.165 e. The molecule has 0 radical (unpaired) electrons. The molecule has 0 atom stereocenters. The van der Waals surface area contributed by atoms with Crippen LogP contribution >= 0.6 is 0 Å². The SMILES string of the molecule is CC(C)(CO)c1cc(CC(=O)C(C)(C)S(=O)(=O)C2CCOCC2)on1. The molecule has 1 aromatic heterocycles. The van der Waals surface area contributed by atoms with Gasteiger partial charge >= 0.3 is 0 Å². The van der Waals surface area contributed by atoms with Crippen molar-refractivity contribution >= 4 is 15.6 Å². The lowest BCUT2D eigenvalue weighted by Crippen LogP contribution is -2.48. The summed E-state index contributed by atoms with van der Waals surface area (Å²) in [5.74, 6) is -0.125. The van der Waals surface area contributed by atoms with Gasteiger partial charge in [0.1, 0.15) is 10.5 Å². The first-order valence-corrected chi connectivity index (χ1v) is 9.98. The number of ether oxygens (including phenoxy) is 1. The van der Waals surface area contributed by atoms with E-state index >= 15 is 0 Å². The highest BCUT2D eigenvalue weighted by Gasteiger charge is 2.46. The van der Waals surface area contributed by atoms with Gasteiger partial charge in [0.25, 0.3) is 0 Å². The number of aromatic nitrogens is 1. The zero-order valence-electron chi connectivity index (χ0n) is 15.2. The van der Waals surface area contributed by atoms with E-state index in [4.69, 9.17) is 9.26 Å².